The molecule has 6 nitrogen and oxygen atoms in total. The van der Waals surface area contributed by atoms with Crippen LogP contribution in [0.1, 0.15) is 11.4 Å². The minimum absolute atomic E-state index is 0.106. The zero-order valence-corrected chi connectivity index (χ0v) is 16.8. The number of carbonyl (C=O) groups is 1. The Morgan fingerprint density at radius 1 is 1.04 bits per heavy atom. The van der Waals surface area contributed by atoms with Gasteiger partial charge in [-0.05, 0) is 0 Å². The molecule has 0 saturated heterocycles. The number of anilines is 1. The highest BCUT2D eigenvalue weighted by Gasteiger charge is 2.15. The van der Waals surface area contributed by atoms with E-state index in [-0.39, 0.29) is 5.91 Å². The van der Waals surface area contributed by atoms with E-state index in [0.717, 1.165) is 16.3 Å². The first-order chi connectivity index (χ1) is 13.6. The van der Waals surface area contributed by atoms with Crippen LogP contribution in [-0.4, -0.2) is 32.2 Å². The van der Waals surface area contributed by atoms with Crippen molar-refractivity contribution in [1.29, 1.82) is 0 Å². The van der Waals surface area contributed by atoms with Crippen LogP contribution in [0.3, 0.4) is 0 Å². The van der Waals surface area contributed by atoms with Crippen LogP contribution in [0.25, 0.3) is 11.3 Å². The molecule has 0 bridgehead atoms. The van der Waals surface area contributed by atoms with E-state index in [1.807, 2.05) is 35.7 Å². The van der Waals surface area contributed by atoms with E-state index in [1.54, 1.807) is 23.5 Å². The van der Waals surface area contributed by atoms with Gasteiger partial charge in [0.25, 0.3) is 0 Å². The zero-order valence-electron chi connectivity index (χ0n) is 16.0. The maximum absolute atomic E-state index is 12.4. The van der Waals surface area contributed by atoms with E-state index in [4.69, 9.17) is 14.2 Å². The largest absolute Gasteiger partial charge is 0.493 e. The Morgan fingerprint density at radius 2 is 1.71 bits per heavy atom. The number of carbonyl (C=O) groups excluding carboxylic acids is 1. The first-order valence-corrected chi connectivity index (χ1v) is 9.62. The second-order valence-corrected chi connectivity index (χ2v) is 6.90. The van der Waals surface area contributed by atoms with E-state index in [1.165, 1.54) is 21.3 Å². The molecule has 0 spiro atoms. The fourth-order valence-corrected chi connectivity index (χ4v) is 3.57. The van der Waals surface area contributed by atoms with Crippen LogP contribution in [0.15, 0.2) is 47.8 Å². The summed E-state index contributed by atoms with van der Waals surface area (Å²) in [4.78, 5) is 17.0. The Kier molecular flexibility index (Phi) is 6.49. The van der Waals surface area contributed by atoms with Gasteiger partial charge in [0.05, 0.1) is 32.0 Å². The summed E-state index contributed by atoms with van der Waals surface area (Å²) in [6.07, 6.45) is 0.909. The Morgan fingerprint density at radius 3 is 2.32 bits per heavy atom. The molecule has 3 rings (SSSR count). The number of methoxy groups -OCH3 is 3. The van der Waals surface area contributed by atoms with Gasteiger partial charge < -0.3 is 19.5 Å². The molecule has 146 valence electrons. The first-order valence-electron chi connectivity index (χ1n) is 8.74. The number of amides is 1. The molecule has 1 amide bonds. The summed E-state index contributed by atoms with van der Waals surface area (Å²) in [7, 11) is 4.61. The maximum atomic E-state index is 12.4. The summed E-state index contributed by atoms with van der Waals surface area (Å²) in [6, 6.07) is 13.4. The normalized spacial score (nSPS) is 10.4. The van der Waals surface area contributed by atoms with Gasteiger partial charge >= 0.3 is 0 Å². The van der Waals surface area contributed by atoms with E-state index in [2.05, 4.69) is 10.3 Å². The second kappa shape index (κ2) is 9.23. The fraction of sp³-hybridized carbons (Fsp3) is 0.238. The van der Waals surface area contributed by atoms with Gasteiger partial charge in [0, 0.05) is 41.6 Å². The molecule has 0 unspecified atom stereocenters. The quantitative estimate of drug-likeness (QED) is 0.609. The van der Waals surface area contributed by atoms with Crippen molar-refractivity contribution in [3.63, 3.8) is 0 Å². The van der Waals surface area contributed by atoms with Crippen molar-refractivity contribution in [3.8, 4) is 28.5 Å². The lowest BCUT2D eigenvalue weighted by atomic mass is 10.2. The number of thiazole rings is 1. The van der Waals surface area contributed by atoms with E-state index in [0.29, 0.717) is 35.8 Å². The number of benzene rings is 2. The minimum atomic E-state index is -0.106. The van der Waals surface area contributed by atoms with Crippen molar-refractivity contribution >= 4 is 22.9 Å². The van der Waals surface area contributed by atoms with Crippen molar-refractivity contribution in [3.05, 3.63) is 52.9 Å². The van der Waals surface area contributed by atoms with Crippen molar-refractivity contribution in [2.45, 2.75) is 12.8 Å². The van der Waals surface area contributed by atoms with Gasteiger partial charge in [-0.2, -0.15) is 0 Å². The predicted molar refractivity (Wildman–Crippen MR) is 111 cm³/mol. The smallest absolute Gasteiger partial charge is 0.224 e. The molecule has 1 aromatic heterocycles. The van der Waals surface area contributed by atoms with Crippen molar-refractivity contribution in [1.82, 2.24) is 4.98 Å². The number of aryl methyl sites for hydroxylation is 1. The SMILES string of the molecule is COc1cc(NC(=O)CCc2nc(-c3ccccc3)cs2)cc(OC)c1OC. The monoisotopic (exact) mass is 398 g/mol. The molecule has 1 N–H and O–H groups in total. The third-order valence-corrected chi connectivity index (χ3v) is 5.04. The number of nitrogens with zero attached hydrogens (tertiary/aromatic N) is 1. The number of hydrogen-bond acceptors (Lipinski definition) is 6. The van der Waals surface area contributed by atoms with Gasteiger partial charge in [0.2, 0.25) is 11.7 Å². The van der Waals surface area contributed by atoms with Gasteiger partial charge in [0.1, 0.15) is 0 Å². The van der Waals surface area contributed by atoms with Gasteiger partial charge in [-0.3, -0.25) is 4.79 Å². The number of nitrogens with one attached hydrogen (secondary N) is 1. The fourth-order valence-electron chi connectivity index (χ4n) is 2.76. The molecule has 0 radical (unpaired) electrons. The third kappa shape index (κ3) is 4.61. The molecule has 0 aliphatic carbocycles. The summed E-state index contributed by atoms with van der Waals surface area (Å²) in [6.45, 7) is 0. The average Bonchev–Trinajstić information content (AvgIpc) is 3.21. The minimum Gasteiger partial charge on any atom is -0.493 e. The summed E-state index contributed by atoms with van der Waals surface area (Å²) in [5.74, 6) is 1.36. The zero-order chi connectivity index (χ0) is 19.9. The summed E-state index contributed by atoms with van der Waals surface area (Å²) in [5.41, 5.74) is 2.60. The molecule has 1 heterocycles. The Labute approximate surface area is 168 Å². The Balaban J connectivity index is 1.63. The summed E-state index contributed by atoms with van der Waals surface area (Å²) < 4.78 is 15.9. The van der Waals surface area contributed by atoms with Crippen molar-refractivity contribution < 1.29 is 19.0 Å². The molecule has 3 aromatic rings. The molecule has 0 saturated carbocycles. The molecule has 0 aliphatic rings. The molecule has 0 fully saturated rings. The average molecular weight is 398 g/mol. The number of hydrogen-bond donors (Lipinski definition) is 1. The van der Waals surface area contributed by atoms with Gasteiger partial charge in [-0.1, -0.05) is 30.3 Å². The molecule has 7 heteroatoms. The van der Waals surface area contributed by atoms with Gasteiger partial charge in [0.15, 0.2) is 11.5 Å². The highest BCUT2D eigenvalue weighted by Crippen LogP contribution is 2.39. The molecule has 0 atom stereocenters. The van der Waals surface area contributed by atoms with Gasteiger partial charge in [-0.15, -0.1) is 11.3 Å². The van der Waals surface area contributed by atoms with Crippen LogP contribution >= 0.6 is 11.3 Å². The third-order valence-electron chi connectivity index (χ3n) is 4.14. The van der Waals surface area contributed by atoms with Crippen molar-refractivity contribution in [2.75, 3.05) is 26.6 Å². The van der Waals surface area contributed by atoms with Crippen LogP contribution in [0, 0.1) is 0 Å². The van der Waals surface area contributed by atoms with E-state index in [9.17, 15) is 4.79 Å². The molecular weight excluding hydrogens is 376 g/mol. The molecule has 28 heavy (non-hydrogen) atoms. The van der Waals surface area contributed by atoms with Crippen molar-refractivity contribution in [2.24, 2.45) is 0 Å². The summed E-state index contributed by atoms with van der Waals surface area (Å²) >= 11 is 1.56. The molecule has 2 aromatic carbocycles. The number of rotatable bonds is 8. The Bertz CT molecular complexity index is 916. The lowest BCUT2D eigenvalue weighted by Gasteiger charge is -2.14. The van der Waals surface area contributed by atoms with E-state index >= 15 is 0 Å². The predicted octanol–water partition coefficient (Wildman–Crippen LogP) is 4.41. The molecule has 0 aliphatic heterocycles. The second-order valence-electron chi connectivity index (χ2n) is 5.95. The van der Waals surface area contributed by atoms with Crippen LogP contribution < -0.4 is 19.5 Å². The van der Waals surface area contributed by atoms with Crippen LogP contribution in [-0.2, 0) is 11.2 Å². The number of ether oxygens (including phenoxy) is 3. The first kappa shape index (κ1) is 19.7. The maximum Gasteiger partial charge on any atom is 0.224 e. The topological polar surface area (TPSA) is 69.7 Å². The lowest BCUT2D eigenvalue weighted by Crippen LogP contribution is -2.12. The summed E-state index contributed by atoms with van der Waals surface area (Å²) in [5, 5.41) is 5.82. The van der Waals surface area contributed by atoms with Crippen LogP contribution in [0.5, 0.6) is 17.2 Å². The van der Waals surface area contributed by atoms with Gasteiger partial charge in [-0.25, -0.2) is 4.98 Å². The lowest BCUT2D eigenvalue weighted by molar-refractivity contribution is -0.116. The molecular formula is C21H22N2O4S. The standard InChI is InChI=1S/C21H22N2O4S/c1-25-17-11-15(12-18(26-2)21(17)27-3)22-19(24)9-10-20-23-16(13-28-20)14-7-5-4-6-8-14/h4-8,11-13H,9-10H2,1-3H3,(H,22,24). The highest BCUT2D eigenvalue weighted by molar-refractivity contribution is 7.09. The van der Waals surface area contributed by atoms with Crippen LogP contribution in [0.4, 0.5) is 5.69 Å². The number of aromatic nitrogens is 1. The Hall–Kier alpha value is -3.06. The van der Waals surface area contributed by atoms with E-state index < -0.39 is 0 Å². The van der Waals surface area contributed by atoms with Crippen LogP contribution in [0.2, 0.25) is 0 Å². The highest BCUT2D eigenvalue weighted by atomic mass is 32.1.